The van der Waals surface area contributed by atoms with Crippen LogP contribution in [-0.2, 0) is 13.0 Å². The van der Waals surface area contributed by atoms with Gasteiger partial charge in [-0.15, -0.1) is 0 Å². The van der Waals surface area contributed by atoms with Gasteiger partial charge in [-0.3, -0.25) is 0 Å². The Kier molecular flexibility index (Phi) is 3.25. The fourth-order valence-electron chi connectivity index (χ4n) is 2.12. The van der Waals surface area contributed by atoms with Crippen LogP contribution in [0.1, 0.15) is 18.9 Å². The number of halogens is 1. The molecule has 0 spiro atoms. The minimum Gasteiger partial charge on any atom is -0.347 e. The summed E-state index contributed by atoms with van der Waals surface area (Å²) in [5, 5.41) is 1.13. The Labute approximate surface area is 94.9 Å². The van der Waals surface area contributed by atoms with Crippen molar-refractivity contribution in [1.82, 2.24) is 4.57 Å². The van der Waals surface area contributed by atoms with Crippen LogP contribution in [0, 0.1) is 5.82 Å². The summed E-state index contributed by atoms with van der Waals surface area (Å²) < 4.78 is 15.3. The number of rotatable bonds is 4. The zero-order valence-electron chi connectivity index (χ0n) is 9.54. The number of aryl methyl sites for hydroxylation is 1. The maximum atomic E-state index is 13.2. The lowest BCUT2D eigenvalue weighted by molar-refractivity contribution is 0.627. The SMILES string of the molecule is CCCn1cc(CCN)c2ccc(F)cc21. The molecule has 0 atom stereocenters. The molecule has 0 saturated carbocycles. The first-order valence-corrected chi connectivity index (χ1v) is 5.73. The molecule has 0 fully saturated rings. The fourth-order valence-corrected chi connectivity index (χ4v) is 2.12. The predicted molar refractivity (Wildman–Crippen MR) is 64.9 cm³/mol. The molecule has 1 aromatic heterocycles. The van der Waals surface area contributed by atoms with E-state index < -0.39 is 0 Å². The van der Waals surface area contributed by atoms with Gasteiger partial charge in [0, 0.05) is 18.1 Å². The Hall–Kier alpha value is -1.35. The van der Waals surface area contributed by atoms with Gasteiger partial charge >= 0.3 is 0 Å². The third-order valence-corrected chi connectivity index (χ3v) is 2.81. The second-order valence-electron chi connectivity index (χ2n) is 4.05. The number of nitrogens with two attached hydrogens (primary N) is 1. The Morgan fingerprint density at radius 1 is 1.38 bits per heavy atom. The average Bonchev–Trinajstić information content (AvgIpc) is 2.58. The molecule has 2 nitrogen and oxygen atoms in total. The molecule has 0 radical (unpaired) electrons. The highest BCUT2D eigenvalue weighted by Crippen LogP contribution is 2.23. The third kappa shape index (κ3) is 1.95. The molecule has 16 heavy (non-hydrogen) atoms. The molecule has 0 amide bonds. The lowest BCUT2D eigenvalue weighted by atomic mass is 10.1. The number of aromatic nitrogens is 1. The van der Waals surface area contributed by atoms with E-state index >= 15 is 0 Å². The molecule has 0 aliphatic heterocycles. The first-order valence-electron chi connectivity index (χ1n) is 5.73. The minimum absolute atomic E-state index is 0.178. The van der Waals surface area contributed by atoms with Crippen LogP contribution >= 0.6 is 0 Å². The maximum absolute atomic E-state index is 13.2. The van der Waals surface area contributed by atoms with Gasteiger partial charge in [0.05, 0.1) is 5.52 Å². The lowest BCUT2D eigenvalue weighted by Crippen LogP contribution is -2.02. The van der Waals surface area contributed by atoms with Crippen LogP contribution in [0.4, 0.5) is 4.39 Å². The van der Waals surface area contributed by atoms with Gasteiger partial charge in [-0.2, -0.15) is 0 Å². The molecule has 86 valence electrons. The van der Waals surface area contributed by atoms with Crippen LogP contribution in [0.2, 0.25) is 0 Å². The summed E-state index contributed by atoms with van der Waals surface area (Å²) in [5.74, 6) is -0.178. The van der Waals surface area contributed by atoms with E-state index in [2.05, 4.69) is 17.7 Å². The van der Waals surface area contributed by atoms with Gasteiger partial charge in [-0.1, -0.05) is 6.92 Å². The number of hydrogen-bond donors (Lipinski definition) is 1. The molecular weight excluding hydrogens is 203 g/mol. The van der Waals surface area contributed by atoms with Crippen LogP contribution in [-0.4, -0.2) is 11.1 Å². The summed E-state index contributed by atoms with van der Waals surface area (Å²) in [5.41, 5.74) is 7.77. The predicted octanol–water partition coefficient (Wildman–Crippen LogP) is 2.69. The second kappa shape index (κ2) is 4.66. The maximum Gasteiger partial charge on any atom is 0.125 e. The zero-order chi connectivity index (χ0) is 11.5. The second-order valence-corrected chi connectivity index (χ2v) is 4.05. The molecule has 0 saturated heterocycles. The van der Waals surface area contributed by atoms with E-state index in [1.54, 1.807) is 6.07 Å². The van der Waals surface area contributed by atoms with Crippen LogP contribution in [0.5, 0.6) is 0 Å². The summed E-state index contributed by atoms with van der Waals surface area (Å²) in [6.07, 6.45) is 3.99. The smallest absolute Gasteiger partial charge is 0.125 e. The van der Waals surface area contributed by atoms with Gasteiger partial charge in [0.2, 0.25) is 0 Å². The van der Waals surface area contributed by atoms with Crippen molar-refractivity contribution in [3.05, 3.63) is 35.8 Å². The molecule has 1 aromatic carbocycles. The Balaban J connectivity index is 2.56. The summed E-state index contributed by atoms with van der Waals surface area (Å²) in [6, 6.07) is 4.96. The standard InChI is InChI=1S/C13H17FN2/c1-2-7-16-9-10(5-6-15)12-4-3-11(14)8-13(12)16/h3-4,8-9H,2,5-7,15H2,1H3. The van der Waals surface area contributed by atoms with Crippen molar-refractivity contribution in [1.29, 1.82) is 0 Å². The van der Waals surface area contributed by atoms with Gasteiger partial charge in [0.25, 0.3) is 0 Å². The molecule has 0 aliphatic carbocycles. The first kappa shape index (κ1) is 11.1. The lowest BCUT2D eigenvalue weighted by Gasteiger charge is -2.01. The Bertz CT molecular complexity index is 488. The number of fused-ring (bicyclic) bond motifs is 1. The number of hydrogen-bond acceptors (Lipinski definition) is 1. The average molecular weight is 220 g/mol. The first-order chi connectivity index (χ1) is 7.76. The van der Waals surface area contributed by atoms with Crippen molar-refractivity contribution >= 4 is 10.9 Å². The van der Waals surface area contributed by atoms with Crippen LogP contribution in [0.25, 0.3) is 10.9 Å². The fraction of sp³-hybridized carbons (Fsp3) is 0.385. The van der Waals surface area contributed by atoms with Crippen molar-refractivity contribution in [3.8, 4) is 0 Å². The summed E-state index contributed by atoms with van der Waals surface area (Å²) in [4.78, 5) is 0. The zero-order valence-corrected chi connectivity index (χ0v) is 9.54. The van der Waals surface area contributed by atoms with Crippen molar-refractivity contribution in [2.24, 2.45) is 5.73 Å². The molecule has 3 heteroatoms. The highest BCUT2D eigenvalue weighted by atomic mass is 19.1. The van der Waals surface area contributed by atoms with Crippen molar-refractivity contribution < 1.29 is 4.39 Å². The molecule has 2 aromatic rings. The molecule has 0 aliphatic rings. The molecular formula is C13H17FN2. The van der Waals surface area contributed by atoms with Gasteiger partial charge in [0.1, 0.15) is 5.82 Å². The van der Waals surface area contributed by atoms with E-state index in [1.165, 1.54) is 11.6 Å². The Morgan fingerprint density at radius 3 is 2.88 bits per heavy atom. The normalized spacial score (nSPS) is 11.2. The number of nitrogens with zero attached hydrogens (tertiary/aromatic N) is 1. The highest BCUT2D eigenvalue weighted by molar-refractivity contribution is 5.84. The topological polar surface area (TPSA) is 30.9 Å². The summed E-state index contributed by atoms with van der Waals surface area (Å²) >= 11 is 0. The molecule has 2 rings (SSSR count). The molecule has 1 heterocycles. The molecule has 2 N–H and O–H groups in total. The largest absolute Gasteiger partial charge is 0.347 e. The Morgan fingerprint density at radius 2 is 2.19 bits per heavy atom. The van der Waals surface area contributed by atoms with Gasteiger partial charge in [0.15, 0.2) is 0 Å². The van der Waals surface area contributed by atoms with Gasteiger partial charge < -0.3 is 10.3 Å². The summed E-state index contributed by atoms with van der Waals surface area (Å²) in [6.45, 7) is 3.67. The van der Waals surface area contributed by atoms with Crippen LogP contribution in [0.3, 0.4) is 0 Å². The van der Waals surface area contributed by atoms with Crippen molar-refractivity contribution in [2.45, 2.75) is 26.3 Å². The third-order valence-electron chi connectivity index (χ3n) is 2.81. The monoisotopic (exact) mass is 220 g/mol. The highest BCUT2D eigenvalue weighted by Gasteiger charge is 2.08. The van der Waals surface area contributed by atoms with E-state index in [0.717, 1.165) is 30.3 Å². The van der Waals surface area contributed by atoms with Crippen LogP contribution < -0.4 is 5.73 Å². The molecule has 0 bridgehead atoms. The van der Waals surface area contributed by atoms with Crippen molar-refractivity contribution in [3.63, 3.8) is 0 Å². The molecule has 0 unspecified atom stereocenters. The van der Waals surface area contributed by atoms with E-state index in [0.29, 0.717) is 6.54 Å². The summed E-state index contributed by atoms with van der Waals surface area (Å²) in [7, 11) is 0. The van der Waals surface area contributed by atoms with Gasteiger partial charge in [-0.25, -0.2) is 4.39 Å². The number of benzene rings is 1. The van der Waals surface area contributed by atoms with E-state index in [1.807, 2.05) is 6.07 Å². The van der Waals surface area contributed by atoms with Crippen LogP contribution in [0.15, 0.2) is 24.4 Å². The van der Waals surface area contributed by atoms with E-state index in [9.17, 15) is 4.39 Å². The van der Waals surface area contributed by atoms with Crippen molar-refractivity contribution in [2.75, 3.05) is 6.54 Å². The van der Waals surface area contributed by atoms with E-state index in [4.69, 9.17) is 5.73 Å². The minimum atomic E-state index is -0.178. The quantitative estimate of drug-likeness (QED) is 0.843. The van der Waals surface area contributed by atoms with E-state index in [-0.39, 0.29) is 5.82 Å². The van der Waals surface area contributed by atoms with Gasteiger partial charge in [-0.05, 0) is 43.1 Å².